The third-order valence-electron chi connectivity index (χ3n) is 5.90. The van der Waals surface area contributed by atoms with Crippen molar-refractivity contribution in [1.82, 2.24) is 9.80 Å². The number of hydrogen-bond acceptors (Lipinski definition) is 4. The quantitative estimate of drug-likeness (QED) is 0.700. The standard InChI is InChI=1S/C23H28N2O3S/c1-16-5-3-4-6-18(16)22-19-10-14-29-20(19)9-11-25(22)21(26)15-24(12-13-28-2)23(27)17-7-8-17/h3-6,10,14,17,22H,7-9,11-13,15H2,1-2H3/t22-/m0/s1. The van der Waals surface area contributed by atoms with Gasteiger partial charge in [0.15, 0.2) is 0 Å². The highest BCUT2D eigenvalue weighted by atomic mass is 32.1. The van der Waals surface area contributed by atoms with Crippen LogP contribution in [0.1, 0.15) is 40.5 Å². The van der Waals surface area contributed by atoms with E-state index in [-0.39, 0.29) is 30.3 Å². The van der Waals surface area contributed by atoms with Crippen molar-refractivity contribution in [2.45, 2.75) is 32.2 Å². The van der Waals surface area contributed by atoms with E-state index in [1.165, 1.54) is 16.0 Å². The summed E-state index contributed by atoms with van der Waals surface area (Å²) in [5.41, 5.74) is 3.57. The molecule has 1 aliphatic heterocycles. The van der Waals surface area contributed by atoms with Crippen LogP contribution in [0.15, 0.2) is 35.7 Å². The molecule has 6 heteroatoms. The molecule has 0 N–H and O–H groups in total. The number of rotatable bonds is 7. The van der Waals surface area contributed by atoms with Crippen LogP contribution in [0, 0.1) is 12.8 Å². The van der Waals surface area contributed by atoms with Crippen LogP contribution in [-0.2, 0) is 20.7 Å². The minimum absolute atomic E-state index is 0.0141. The Morgan fingerprint density at radius 1 is 1.21 bits per heavy atom. The molecule has 4 rings (SSSR count). The van der Waals surface area contributed by atoms with Crippen LogP contribution in [0.5, 0.6) is 0 Å². The molecule has 2 amide bonds. The molecule has 0 radical (unpaired) electrons. The summed E-state index contributed by atoms with van der Waals surface area (Å²) in [5, 5.41) is 2.12. The van der Waals surface area contributed by atoms with Crippen LogP contribution in [0.25, 0.3) is 0 Å². The smallest absolute Gasteiger partial charge is 0.242 e. The second-order valence-electron chi connectivity index (χ2n) is 7.92. The average Bonchev–Trinajstić information content (AvgIpc) is 3.47. The van der Waals surface area contributed by atoms with Gasteiger partial charge in [0, 0.05) is 31.0 Å². The molecule has 1 aromatic heterocycles. The number of benzene rings is 1. The lowest BCUT2D eigenvalue weighted by Gasteiger charge is -2.38. The molecule has 154 valence electrons. The fourth-order valence-corrected chi connectivity index (χ4v) is 5.03. The molecule has 5 nitrogen and oxygen atoms in total. The number of aryl methyl sites for hydroxylation is 1. The SMILES string of the molecule is COCCN(CC(=O)N1CCc2sccc2[C@@H]1c1ccccc1C)C(=O)C1CC1. The fraction of sp³-hybridized carbons (Fsp3) is 0.478. The molecule has 1 aliphatic carbocycles. The first-order valence-electron chi connectivity index (χ1n) is 10.3. The van der Waals surface area contributed by atoms with Crippen LogP contribution in [0.4, 0.5) is 0 Å². The van der Waals surface area contributed by atoms with E-state index in [0.29, 0.717) is 19.7 Å². The highest BCUT2D eigenvalue weighted by Gasteiger charge is 2.37. The number of methoxy groups -OCH3 is 1. The Balaban J connectivity index is 1.60. The van der Waals surface area contributed by atoms with Gasteiger partial charge in [-0.2, -0.15) is 0 Å². The summed E-state index contributed by atoms with van der Waals surface area (Å²) in [6.07, 6.45) is 2.74. The van der Waals surface area contributed by atoms with Crippen molar-refractivity contribution >= 4 is 23.2 Å². The maximum Gasteiger partial charge on any atom is 0.242 e. The molecule has 0 spiro atoms. The van der Waals surface area contributed by atoms with Gasteiger partial charge in [0.1, 0.15) is 0 Å². The van der Waals surface area contributed by atoms with E-state index in [1.807, 2.05) is 17.0 Å². The van der Waals surface area contributed by atoms with Crippen molar-refractivity contribution in [3.8, 4) is 0 Å². The van der Waals surface area contributed by atoms with E-state index < -0.39 is 0 Å². The molecule has 29 heavy (non-hydrogen) atoms. The molecule has 0 saturated heterocycles. The summed E-state index contributed by atoms with van der Waals surface area (Å²) >= 11 is 1.77. The summed E-state index contributed by atoms with van der Waals surface area (Å²) in [4.78, 5) is 31.2. The van der Waals surface area contributed by atoms with Gasteiger partial charge >= 0.3 is 0 Å². The van der Waals surface area contributed by atoms with E-state index in [9.17, 15) is 9.59 Å². The molecule has 1 saturated carbocycles. The summed E-state index contributed by atoms with van der Waals surface area (Å²) in [7, 11) is 1.62. The topological polar surface area (TPSA) is 49.9 Å². The van der Waals surface area contributed by atoms with Gasteiger partial charge < -0.3 is 14.5 Å². The zero-order chi connectivity index (χ0) is 20.4. The maximum absolute atomic E-state index is 13.4. The van der Waals surface area contributed by atoms with Crippen LogP contribution in [0.3, 0.4) is 0 Å². The lowest BCUT2D eigenvalue weighted by molar-refractivity contribution is -0.142. The Morgan fingerprint density at radius 2 is 2.00 bits per heavy atom. The molecular formula is C23H28N2O3S. The monoisotopic (exact) mass is 412 g/mol. The number of thiophene rings is 1. The number of fused-ring (bicyclic) bond motifs is 1. The van der Waals surface area contributed by atoms with Crippen molar-refractivity contribution in [2.24, 2.45) is 5.92 Å². The molecule has 2 aromatic rings. The highest BCUT2D eigenvalue weighted by molar-refractivity contribution is 7.10. The third-order valence-corrected chi connectivity index (χ3v) is 6.90. The van der Waals surface area contributed by atoms with Crippen LogP contribution in [0.2, 0.25) is 0 Å². The number of amides is 2. The second-order valence-corrected chi connectivity index (χ2v) is 8.92. The first-order chi connectivity index (χ1) is 14.1. The minimum Gasteiger partial charge on any atom is -0.383 e. The Bertz CT molecular complexity index is 890. The molecule has 1 aromatic carbocycles. The Kier molecular flexibility index (Phi) is 6.01. The Labute approximate surface area is 176 Å². The zero-order valence-electron chi connectivity index (χ0n) is 17.1. The predicted octanol–water partition coefficient (Wildman–Crippen LogP) is 3.42. The van der Waals surface area contributed by atoms with Gasteiger partial charge in [0.25, 0.3) is 0 Å². The summed E-state index contributed by atoms with van der Waals surface area (Å²) in [6.45, 7) is 3.81. The number of carbonyl (C=O) groups is 2. The van der Waals surface area contributed by atoms with E-state index in [0.717, 1.165) is 24.8 Å². The van der Waals surface area contributed by atoms with Gasteiger partial charge in [-0.25, -0.2) is 0 Å². The van der Waals surface area contributed by atoms with Crippen molar-refractivity contribution in [2.75, 3.05) is 33.4 Å². The van der Waals surface area contributed by atoms with Crippen molar-refractivity contribution in [1.29, 1.82) is 0 Å². The van der Waals surface area contributed by atoms with E-state index in [2.05, 4.69) is 30.5 Å². The lowest BCUT2D eigenvalue weighted by Crippen LogP contribution is -2.48. The normalized spacial score (nSPS) is 18.4. The second kappa shape index (κ2) is 8.67. The summed E-state index contributed by atoms with van der Waals surface area (Å²) in [6, 6.07) is 10.3. The Morgan fingerprint density at radius 3 is 2.72 bits per heavy atom. The maximum atomic E-state index is 13.4. The van der Waals surface area contributed by atoms with Gasteiger partial charge in [0.2, 0.25) is 11.8 Å². The van der Waals surface area contributed by atoms with Crippen LogP contribution < -0.4 is 0 Å². The molecule has 1 fully saturated rings. The van der Waals surface area contributed by atoms with Gasteiger partial charge in [0.05, 0.1) is 19.2 Å². The molecule has 0 bridgehead atoms. The van der Waals surface area contributed by atoms with Crippen LogP contribution in [-0.4, -0.2) is 55.0 Å². The predicted molar refractivity (Wildman–Crippen MR) is 114 cm³/mol. The van der Waals surface area contributed by atoms with Crippen molar-refractivity contribution in [3.63, 3.8) is 0 Å². The minimum atomic E-state index is -0.0843. The van der Waals surface area contributed by atoms with Gasteiger partial charge in [-0.1, -0.05) is 24.3 Å². The largest absolute Gasteiger partial charge is 0.383 e. The van der Waals surface area contributed by atoms with Crippen molar-refractivity contribution in [3.05, 3.63) is 57.3 Å². The van der Waals surface area contributed by atoms with E-state index >= 15 is 0 Å². The molecule has 2 aliphatic rings. The lowest BCUT2D eigenvalue weighted by atomic mass is 9.90. The first-order valence-corrected chi connectivity index (χ1v) is 11.2. The number of hydrogen-bond donors (Lipinski definition) is 0. The van der Waals surface area contributed by atoms with Gasteiger partial charge in [-0.3, -0.25) is 9.59 Å². The highest BCUT2D eigenvalue weighted by Crippen LogP contribution is 2.39. The summed E-state index contributed by atoms with van der Waals surface area (Å²) in [5.74, 6) is 0.202. The first kappa shape index (κ1) is 20.1. The van der Waals surface area contributed by atoms with E-state index in [1.54, 1.807) is 23.3 Å². The van der Waals surface area contributed by atoms with Crippen LogP contribution >= 0.6 is 11.3 Å². The number of nitrogens with zero attached hydrogens (tertiary/aromatic N) is 2. The summed E-state index contributed by atoms with van der Waals surface area (Å²) < 4.78 is 5.17. The molecule has 2 heterocycles. The van der Waals surface area contributed by atoms with Gasteiger partial charge in [-0.05, 0) is 54.3 Å². The Hall–Kier alpha value is -2.18. The number of ether oxygens (including phenoxy) is 1. The fourth-order valence-electron chi connectivity index (χ4n) is 4.13. The van der Waals surface area contributed by atoms with E-state index in [4.69, 9.17) is 4.74 Å². The zero-order valence-corrected chi connectivity index (χ0v) is 17.9. The average molecular weight is 413 g/mol. The molecule has 0 unspecified atom stereocenters. The van der Waals surface area contributed by atoms with Gasteiger partial charge in [-0.15, -0.1) is 11.3 Å². The molecular weight excluding hydrogens is 384 g/mol. The molecule has 1 atom stereocenters. The number of carbonyl (C=O) groups excluding carboxylic acids is 2. The third kappa shape index (κ3) is 4.23. The van der Waals surface area contributed by atoms with Crippen molar-refractivity contribution < 1.29 is 14.3 Å².